The van der Waals surface area contributed by atoms with Crippen molar-refractivity contribution < 1.29 is 0 Å². The molecule has 0 N–H and O–H groups in total. The molecule has 0 saturated heterocycles. The molecule has 0 aliphatic heterocycles. The van der Waals surface area contributed by atoms with Crippen LogP contribution >= 0.6 is 11.6 Å². The highest BCUT2D eigenvalue weighted by molar-refractivity contribution is 6.18. The third-order valence-electron chi connectivity index (χ3n) is 2.13. The van der Waals surface area contributed by atoms with Gasteiger partial charge in [-0.05, 0) is 24.3 Å². The van der Waals surface area contributed by atoms with Crippen LogP contribution in [-0.4, -0.2) is 38.7 Å². The van der Waals surface area contributed by atoms with Crippen molar-refractivity contribution in [3.05, 3.63) is 0 Å². The SMILES string of the molecule is CN(c1nnnn1C)C(C)(C)CCl. The molecule has 74 valence electrons. The van der Waals surface area contributed by atoms with Crippen LogP contribution in [-0.2, 0) is 7.05 Å². The summed E-state index contributed by atoms with van der Waals surface area (Å²) in [5.41, 5.74) is -0.149. The van der Waals surface area contributed by atoms with Crippen LogP contribution in [0.5, 0.6) is 0 Å². The monoisotopic (exact) mass is 203 g/mol. The Bertz CT molecular complexity index is 282. The number of anilines is 1. The Morgan fingerprint density at radius 3 is 2.54 bits per heavy atom. The van der Waals surface area contributed by atoms with Crippen molar-refractivity contribution in [3.8, 4) is 0 Å². The Morgan fingerprint density at radius 2 is 2.15 bits per heavy atom. The summed E-state index contributed by atoms with van der Waals surface area (Å²) in [6, 6.07) is 0. The van der Waals surface area contributed by atoms with E-state index in [1.165, 1.54) is 0 Å². The first-order chi connectivity index (χ1) is 5.99. The normalized spacial score (nSPS) is 11.8. The lowest BCUT2D eigenvalue weighted by Gasteiger charge is -2.33. The van der Waals surface area contributed by atoms with Gasteiger partial charge in [-0.3, -0.25) is 0 Å². The van der Waals surface area contributed by atoms with E-state index in [2.05, 4.69) is 15.5 Å². The van der Waals surface area contributed by atoms with Gasteiger partial charge in [0.2, 0.25) is 5.95 Å². The molecule has 0 fully saturated rings. The second-order valence-electron chi connectivity index (χ2n) is 3.61. The molecule has 6 heteroatoms. The van der Waals surface area contributed by atoms with Gasteiger partial charge in [-0.15, -0.1) is 11.6 Å². The summed E-state index contributed by atoms with van der Waals surface area (Å²) >= 11 is 5.84. The van der Waals surface area contributed by atoms with E-state index in [4.69, 9.17) is 11.6 Å². The minimum Gasteiger partial charge on any atom is -0.336 e. The number of alkyl halides is 1. The van der Waals surface area contributed by atoms with Crippen molar-refractivity contribution in [1.82, 2.24) is 20.2 Å². The number of aromatic nitrogens is 4. The fourth-order valence-electron chi connectivity index (χ4n) is 0.869. The van der Waals surface area contributed by atoms with Crippen LogP contribution in [0.3, 0.4) is 0 Å². The summed E-state index contributed by atoms with van der Waals surface area (Å²) in [6.45, 7) is 4.07. The maximum Gasteiger partial charge on any atom is 0.245 e. The standard InChI is InChI=1S/C7H14ClN5/c1-7(2,5-8)12(3)6-9-10-11-13(6)4/h5H2,1-4H3. The van der Waals surface area contributed by atoms with Gasteiger partial charge in [0.15, 0.2) is 0 Å². The van der Waals surface area contributed by atoms with Crippen molar-refractivity contribution in [2.45, 2.75) is 19.4 Å². The Hall–Kier alpha value is -0.840. The molecule has 1 rings (SSSR count). The number of halogens is 1. The molecule has 0 amide bonds. The smallest absolute Gasteiger partial charge is 0.245 e. The van der Waals surface area contributed by atoms with E-state index in [0.717, 1.165) is 0 Å². The average Bonchev–Trinajstić information content (AvgIpc) is 2.50. The van der Waals surface area contributed by atoms with Crippen LogP contribution in [0.25, 0.3) is 0 Å². The summed E-state index contributed by atoms with van der Waals surface area (Å²) in [7, 11) is 3.73. The highest BCUT2D eigenvalue weighted by Crippen LogP contribution is 2.19. The predicted molar refractivity (Wildman–Crippen MR) is 52.0 cm³/mol. The largest absolute Gasteiger partial charge is 0.336 e. The highest BCUT2D eigenvalue weighted by Gasteiger charge is 2.25. The molecule has 0 aromatic carbocycles. The molecule has 5 nitrogen and oxygen atoms in total. The fraction of sp³-hybridized carbons (Fsp3) is 0.857. The molecule has 0 spiro atoms. The number of nitrogens with zero attached hydrogens (tertiary/aromatic N) is 5. The van der Waals surface area contributed by atoms with Gasteiger partial charge in [-0.2, -0.15) is 0 Å². The summed E-state index contributed by atoms with van der Waals surface area (Å²) in [5, 5.41) is 11.2. The molecular weight excluding hydrogens is 190 g/mol. The Labute approximate surface area is 82.7 Å². The lowest BCUT2D eigenvalue weighted by atomic mass is 10.1. The van der Waals surface area contributed by atoms with E-state index >= 15 is 0 Å². The molecule has 13 heavy (non-hydrogen) atoms. The first-order valence-corrected chi connectivity index (χ1v) is 4.54. The number of rotatable bonds is 3. The zero-order chi connectivity index (χ0) is 10.1. The molecule has 1 aromatic rings. The van der Waals surface area contributed by atoms with Crippen LogP contribution in [0.1, 0.15) is 13.8 Å². The molecule has 1 heterocycles. The van der Waals surface area contributed by atoms with Crippen molar-refractivity contribution in [3.63, 3.8) is 0 Å². The summed E-state index contributed by atoms with van der Waals surface area (Å²) < 4.78 is 1.62. The fourth-order valence-corrected chi connectivity index (χ4v) is 1.05. The molecule has 0 aliphatic carbocycles. The van der Waals surface area contributed by atoms with Crippen LogP contribution in [0.15, 0.2) is 0 Å². The van der Waals surface area contributed by atoms with Crippen LogP contribution in [0.2, 0.25) is 0 Å². The van der Waals surface area contributed by atoms with Crippen molar-refractivity contribution in [2.75, 3.05) is 17.8 Å². The van der Waals surface area contributed by atoms with Crippen molar-refractivity contribution in [2.24, 2.45) is 7.05 Å². The maximum atomic E-state index is 5.84. The lowest BCUT2D eigenvalue weighted by molar-refractivity contribution is 0.523. The van der Waals surface area contributed by atoms with E-state index in [9.17, 15) is 0 Å². The summed E-state index contributed by atoms with van der Waals surface area (Å²) in [4.78, 5) is 1.96. The topological polar surface area (TPSA) is 46.8 Å². The van der Waals surface area contributed by atoms with E-state index < -0.39 is 0 Å². The third kappa shape index (κ3) is 1.91. The van der Waals surface area contributed by atoms with Crippen LogP contribution < -0.4 is 4.90 Å². The van der Waals surface area contributed by atoms with E-state index in [1.807, 2.05) is 25.8 Å². The Kier molecular flexibility index (Phi) is 2.75. The quantitative estimate of drug-likeness (QED) is 0.678. The zero-order valence-corrected chi connectivity index (χ0v) is 9.08. The number of tetrazole rings is 1. The predicted octanol–water partition coefficient (Wildman–Crippen LogP) is 0.664. The number of aryl methyl sites for hydroxylation is 1. The van der Waals surface area contributed by atoms with Crippen molar-refractivity contribution in [1.29, 1.82) is 0 Å². The van der Waals surface area contributed by atoms with E-state index in [1.54, 1.807) is 11.7 Å². The van der Waals surface area contributed by atoms with Gasteiger partial charge in [0.1, 0.15) is 0 Å². The third-order valence-corrected chi connectivity index (χ3v) is 2.79. The number of hydrogen-bond acceptors (Lipinski definition) is 4. The second kappa shape index (κ2) is 3.49. The number of hydrogen-bond donors (Lipinski definition) is 0. The van der Waals surface area contributed by atoms with Gasteiger partial charge in [0.05, 0.1) is 5.54 Å². The van der Waals surface area contributed by atoms with Gasteiger partial charge >= 0.3 is 0 Å². The first-order valence-electron chi connectivity index (χ1n) is 4.01. The van der Waals surface area contributed by atoms with Gasteiger partial charge in [-0.25, -0.2) is 4.68 Å². The maximum absolute atomic E-state index is 5.84. The minimum atomic E-state index is -0.149. The molecule has 0 saturated carbocycles. The van der Waals surface area contributed by atoms with E-state index in [0.29, 0.717) is 11.8 Å². The zero-order valence-electron chi connectivity index (χ0n) is 8.32. The Balaban J connectivity index is 2.91. The Morgan fingerprint density at radius 1 is 1.54 bits per heavy atom. The highest BCUT2D eigenvalue weighted by atomic mass is 35.5. The molecule has 1 aromatic heterocycles. The average molecular weight is 204 g/mol. The first kappa shape index (κ1) is 10.2. The second-order valence-corrected chi connectivity index (χ2v) is 3.87. The van der Waals surface area contributed by atoms with Crippen LogP contribution in [0.4, 0.5) is 5.95 Å². The van der Waals surface area contributed by atoms with Gasteiger partial charge in [-0.1, -0.05) is 5.10 Å². The molecule has 0 unspecified atom stereocenters. The van der Waals surface area contributed by atoms with Gasteiger partial charge < -0.3 is 4.90 Å². The minimum absolute atomic E-state index is 0.149. The molecule has 0 radical (unpaired) electrons. The molecule has 0 aliphatic rings. The van der Waals surface area contributed by atoms with E-state index in [-0.39, 0.29) is 5.54 Å². The van der Waals surface area contributed by atoms with Gasteiger partial charge in [0.25, 0.3) is 0 Å². The molecule has 0 bridgehead atoms. The van der Waals surface area contributed by atoms with Crippen molar-refractivity contribution >= 4 is 17.5 Å². The summed E-state index contributed by atoms with van der Waals surface area (Å²) in [6.07, 6.45) is 0. The van der Waals surface area contributed by atoms with Gasteiger partial charge in [0, 0.05) is 20.0 Å². The van der Waals surface area contributed by atoms with Crippen LogP contribution in [0, 0.1) is 0 Å². The molecule has 0 atom stereocenters. The summed E-state index contributed by atoms with van der Waals surface area (Å²) in [5.74, 6) is 1.24. The molecular formula is C7H14ClN5. The lowest BCUT2D eigenvalue weighted by Crippen LogP contribution is -2.44.